The number of nitrogens with one attached hydrogen (secondary N) is 4. The van der Waals surface area contributed by atoms with Crippen molar-refractivity contribution in [3.8, 4) is 11.4 Å². The van der Waals surface area contributed by atoms with Crippen molar-refractivity contribution in [2.24, 2.45) is 0 Å². The first-order chi connectivity index (χ1) is 17.5. The van der Waals surface area contributed by atoms with Crippen LogP contribution in [0.15, 0.2) is 54.7 Å². The predicted octanol–water partition coefficient (Wildman–Crippen LogP) is 6.44. The number of aromatic nitrogens is 4. The molecule has 9 nitrogen and oxygen atoms in total. The van der Waals surface area contributed by atoms with Gasteiger partial charge in [0.15, 0.2) is 17.4 Å². The van der Waals surface area contributed by atoms with Gasteiger partial charge in [0.1, 0.15) is 11.5 Å². The summed E-state index contributed by atoms with van der Waals surface area (Å²) in [6, 6.07) is 10.6. The topological polar surface area (TPSA) is 125 Å². The van der Waals surface area contributed by atoms with Crippen LogP contribution in [0.5, 0.6) is 0 Å². The van der Waals surface area contributed by atoms with Crippen molar-refractivity contribution in [2.45, 2.75) is 20.0 Å². The van der Waals surface area contributed by atoms with Gasteiger partial charge in [-0.15, -0.1) is 0 Å². The van der Waals surface area contributed by atoms with Crippen molar-refractivity contribution in [2.75, 3.05) is 16.0 Å². The van der Waals surface area contributed by atoms with Crippen molar-refractivity contribution in [3.05, 3.63) is 76.6 Å². The van der Waals surface area contributed by atoms with Gasteiger partial charge in [-0.2, -0.15) is 18.3 Å². The summed E-state index contributed by atoms with van der Waals surface area (Å²) >= 11 is 5.61. The van der Waals surface area contributed by atoms with Crippen LogP contribution in [-0.4, -0.2) is 32.0 Å². The Labute approximate surface area is 213 Å². The highest BCUT2D eigenvalue weighted by Gasteiger charge is 2.33. The molecule has 0 atom stereocenters. The third-order valence-electron chi connectivity index (χ3n) is 5.12. The van der Waals surface area contributed by atoms with Crippen LogP contribution < -0.4 is 16.0 Å². The summed E-state index contributed by atoms with van der Waals surface area (Å²) in [5.41, 5.74) is 1.08. The molecule has 0 unspecified atom stereocenters. The number of aryl methyl sites for hydroxylation is 1. The van der Waals surface area contributed by atoms with E-state index in [-0.39, 0.29) is 11.5 Å². The molecule has 37 heavy (non-hydrogen) atoms. The molecule has 2 aromatic carbocycles. The number of carbonyl (C=O) groups excluding carboxylic acids is 2. The highest BCUT2D eigenvalue weighted by Crippen LogP contribution is 2.36. The Balaban J connectivity index is 1.46. The Morgan fingerprint density at radius 3 is 2.32 bits per heavy atom. The molecule has 2 heterocycles. The number of anilines is 4. The molecule has 4 rings (SSSR count). The van der Waals surface area contributed by atoms with Gasteiger partial charge in [0.2, 0.25) is 0 Å². The van der Waals surface area contributed by atoms with Crippen LogP contribution in [0.4, 0.5) is 41.0 Å². The summed E-state index contributed by atoms with van der Waals surface area (Å²) in [6.45, 7) is 3.22. The molecule has 0 spiro atoms. The summed E-state index contributed by atoms with van der Waals surface area (Å²) in [6.07, 6.45) is -3.09. The Bertz CT molecular complexity index is 1490. The number of carbonyl (C=O) groups is 2. The SMILES string of the molecule is CC(=O)c1cc(Nc2ccnc(-c3ccc(NC(=O)Nc4ccc(Cl)c(C(F)(F)F)c4)cc3C)n2)n[nH]1. The van der Waals surface area contributed by atoms with Crippen LogP contribution in [0, 0.1) is 6.92 Å². The lowest BCUT2D eigenvalue weighted by molar-refractivity contribution is -0.137. The van der Waals surface area contributed by atoms with E-state index in [4.69, 9.17) is 11.6 Å². The van der Waals surface area contributed by atoms with Gasteiger partial charge in [0.05, 0.1) is 10.6 Å². The maximum absolute atomic E-state index is 13.1. The molecule has 190 valence electrons. The highest BCUT2D eigenvalue weighted by molar-refractivity contribution is 6.31. The molecule has 0 fully saturated rings. The number of hydrogen-bond acceptors (Lipinski definition) is 6. The van der Waals surface area contributed by atoms with Crippen molar-refractivity contribution in [1.29, 1.82) is 0 Å². The fourth-order valence-electron chi connectivity index (χ4n) is 3.36. The van der Waals surface area contributed by atoms with Gasteiger partial charge in [-0.05, 0) is 55.0 Å². The zero-order chi connectivity index (χ0) is 26.7. The molecule has 0 bridgehead atoms. The van der Waals surface area contributed by atoms with E-state index >= 15 is 0 Å². The highest BCUT2D eigenvalue weighted by atomic mass is 35.5. The van der Waals surface area contributed by atoms with Crippen LogP contribution in [0.3, 0.4) is 0 Å². The van der Waals surface area contributed by atoms with Gasteiger partial charge in [-0.25, -0.2) is 14.8 Å². The second kappa shape index (κ2) is 10.3. The molecule has 0 aliphatic heterocycles. The first-order valence-corrected chi connectivity index (χ1v) is 11.1. The van der Waals surface area contributed by atoms with Crippen LogP contribution in [0.1, 0.15) is 28.5 Å². The normalized spacial score (nSPS) is 11.2. The average molecular weight is 530 g/mol. The van der Waals surface area contributed by atoms with E-state index in [9.17, 15) is 22.8 Å². The molecular weight excluding hydrogens is 511 g/mol. The Kier molecular flexibility index (Phi) is 7.11. The fraction of sp³-hybridized carbons (Fsp3) is 0.125. The molecule has 0 aliphatic rings. The van der Waals surface area contributed by atoms with Gasteiger partial charge in [-0.1, -0.05) is 11.6 Å². The van der Waals surface area contributed by atoms with Crippen LogP contribution >= 0.6 is 11.6 Å². The number of aromatic amines is 1. The van der Waals surface area contributed by atoms with E-state index in [1.54, 1.807) is 43.5 Å². The fourth-order valence-corrected chi connectivity index (χ4v) is 3.59. The van der Waals surface area contributed by atoms with E-state index < -0.39 is 22.8 Å². The Hall–Kier alpha value is -4.45. The molecule has 2 amide bonds. The maximum Gasteiger partial charge on any atom is 0.417 e. The number of rotatable bonds is 6. The number of ketones is 1. The van der Waals surface area contributed by atoms with E-state index in [2.05, 4.69) is 36.1 Å². The van der Waals surface area contributed by atoms with Crippen molar-refractivity contribution in [1.82, 2.24) is 20.2 Å². The number of Topliss-reactive ketones (excluding diaryl/α,β-unsaturated/α-hetero) is 1. The summed E-state index contributed by atoms with van der Waals surface area (Å²) in [4.78, 5) is 32.6. The number of hydrogen-bond donors (Lipinski definition) is 4. The van der Waals surface area contributed by atoms with Crippen molar-refractivity contribution < 1.29 is 22.8 Å². The van der Waals surface area contributed by atoms with E-state index in [1.807, 2.05) is 0 Å². The summed E-state index contributed by atoms with van der Waals surface area (Å²) in [7, 11) is 0. The van der Waals surface area contributed by atoms with Gasteiger partial charge < -0.3 is 16.0 Å². The molecule has 0 aliphatic carbocycles. The summed E-state index contributed by atoms with van der Waals surface area (Å²) in [5.74, 6) is 1.12. The van der Waals surface area contributed by atoms with E-state index in [1.165, 1.54) is 13.0 Å². The Morgan fingerprint density at radius 2 is 1.68 bits per heavy atom. The third-order valence-corrected chi connectivity index (χ3v) is 5.45. The second-order valence-electron chi connectivity index (χ2n) is 7.91. The standard InChI is InChI=1S/C24H19ClF3N7O2/c1-12-9-14(30-23(37)31-15-4-6-18(25)17(10-15)24(26,27)28)3-5-16(12)22-29-8-7-20(33-22)32-21-11-19(13(2)36)34-35-21/h3-11H,1-2H3,(H2,30,31,37)(H2,29,32,33,34,35). The zero-order valence-corrected chi connectivity index (χ0v) is 20.1. The lowest BCUT2D eigenvalue weighted by Gasteiger charge is -2.13. The number of benzene rings is 2. The molecule has 0 saturated carbocycles. The van der Waals surface area contributed by atoms with Gasteiger partial charge in [0.25, 0.3) is 0 Å². The van der Waals surface area contributed by atoms with Crippen LogP contribution in [-0.2, 0) is 6.18 Å². The summed E-state index contributed by atoms with van der Waals surface area (Å²) in [5, 5.41) is 14.1. The number of H-pyrrole nitrogens is 1. The number of urea groups is 1. The largest absolute Gasteiger partial charge is 0.417 e. The first kappa shape index (κ1) is 25.6. The minimum Gasteiger partial charge on any atom is -0.323 e. The van der Waals surface area contributed by atoms with Gasteiger partial charge in [-0.3, -0.25) is 9.89 Å². The first-order valence-electron chi connectivity index (χ1n) is 10.7. The lowest BCUT2D eigenvalue weighted by Crippen LogP contribution is -2.20. The molecule has 0 radical (unpaired) electrons. The lowest BCUT2D eigenvalue weighted by atomic mass is 10.1. The average Bonchev–Trinajstić information content (AvgIpc) is 3.29. The van der Waals surface area contributed by atoms with Crippen molar-refractivity contribution >= 4 is 46.4 Å². The predicted molar refractivity (Wildman–Crippen MR) is 133 cm³/mol. The molecule has 13 heteroatoms. The third kappa shape index (κ3) is 6.22. The number of nitrogens with zero attached hydrogens (tertiary/aromatic N) is 3. The molecular formula is C24H19ClF3N7O2. The van der Waals surface area contributed by atoms with Crippen LogP contribution in [0.2, 0.25) is 5.02 Å². The molecule has 0 saturated heterocycles. The minimum absolute atomic E-state index is 0.0624. The second-order valence-corrected chi connectivity index (χ2v) is 8.32. The van der Waals surface area contributed by atoms with Gasteiger partial charge >= 0.3 is 12.2 Å². The monoisotopic (exact) mass is 529 g/mol. The van der Waals surface area contributed by atoms with E-state index in [0.29, 0.717) is 34.4 Å². The Morgan fingerprint density at radius 1 is 0.973 bits per heavy atom. The molecule has 4 aromatic rings. The van der Waals surface area contributed by atoms with Crippen molar-refractivity contribution in [3.63, 3.8) is 0 Å². The number of halogens is 4. The molecule has 4 N–H and O–H groups in total. The quantitative estimate of drug-likeness (QED) is 0.213. The van der Waals surface area contributed by atoms with E-state index in [0.717, 1.165) is 17.7 Å². The van der Waals surface area contributed by atoms with Gasteiger partial charge in [0, 0.05) is 36.1 Å². The van der Waals surface area contributed by atoms with Crippen LogP contribution in [0.25, 0.3) is 11.4 Å². The number of amides is 2. The number of alkyl halides is 3. The summed E-state index contributed by atoms with van der Waals surface area (Å²) < 4.78 is 39.2. The zero-order valence-electron chi connectivity index (χ0n) is 19.4. The smallest absolute Gasteiger partial charge is 0.323 e. The minimum atomic E-state index is -4.65. The molecule has 2 aromatic heterocycles. The maximum atomic E-state index is 13.1.